The summed E-state index contributed by atoms with van der Waals surface area (Å²) in [6, 6.07) is 17.5. The number of nitrogens with two attached hydrogens (primary N) is 1. The Labute approximate surface area is 146 Å². The van der Waals surface area contributed by atoms with Gasteiger partial charge in [0.2, 0.25) is 5.91 Å². The Balaban J connectivity index is 1.92. The normalized spacial score (nSPS) is 11.7. The van der Waals surface area contributed by atoms with E-state index in [0.717, 1.165) is 17.7 Å². The molecule has 1 atom stereocenters. The van der Waals surface area contributed by atoms with Crippen molar-refractivity contribution >= 4 is 23.6 Å². The van der Waals surface area contributed by atoms with Crippen LogP contribution in [0.3, 0.4) is 0 Å². The lowest BCUT2D eigenvalue weighted by Crippen LogP contribution is -2.33. The molecule has 3 N–H and O–H groups in total. The lowest BCUT2D eigenvalue weighted by atomic mass is 10.1. The van der Waals surface area contributed by atoms with Crippen molar-refractivity contribution in [2.24, 2.45) is 5.73 Å². The Morgan fingerprint density at radius 3 is 2.46 bits per heavy atom. The zero-order valence-corrected chi connectivity index (χ0v) is 14.5. The number of hydrogen-bond donors (Lipinski definition) is 2. The molecule has 0 spiro atoms. The van der Waals surface area contributed by atoms with Gasteiger partial charge < -0.3 is 11.1 Å². The SMILES string of the molecule is CC(CCc1ccccc1)NC(=O)c1ccccc1SCC(N)=O. The fourth-order valence-corrected chi connectivity index (χ4v) is 3.12. The maximum Gasteiger partial charge on any atom is 0.252 e. The van der Waals surface area contributed by atoms with Gasteiger partial charge in [-0.15, -0.1) is 11.8 Å². The molecular weight excluding hydrogens is 320 g/mol. The molecule has 24 heavy (non-hydrogen) atoms. The molecule has 1 unspecified atom stereocenters. The third-order valence-corrected chi connectivity index (χ3v) is 4.68. The average Bonchev–Trinajstić information content (AvgIpc) is 2.59. The Morgan fingerprint density at radius 2 is 1.75 bits per heavy atom. The third-order valence-electron chi connectivity index (χ3n) is 3.59. The highest BCUT2D eigenvalue weighted by Crippen LogP contribution is 2.22. The number of hydrogen-bond acceptors (Lipinski definition) is 3. The first-order valence-electron chi connectivity index (χ1n) is 7.91. The van der Waals surface area contributed by atoms with Crippen molar-refractivity contribution in [3.05, 3.63) is 65.7 Å². The summed E-state index contributed by atoms with van der Waals surface area (Å²) in [6.07, 6.45) is 1.78. The molecular formula is C19H22N2O2S. The van der Waals surface area contributed by atoms with Gasteiger partial charge >= 0.3 is 0 Å². The lowest BCUT2D eigenvalue weighted by molar-refractivity contribution is -0.115. The molecule has 5 heteroatoms. The molecule has 2 aromatic rings. The molecule has 0 bridgehead atoms. The Hall–Kier alpha value is -2.27. The molecule has 0 aliphatic rings. The van der Waals surface area contributed by atoms with Gasteiger partial charge in [0.1, 0.15) is 0 Å². The van der Waals surface area contributed by atoms with Crippen LogP contribution in [0.1, 0.15) is 29.3 Å². The van der Waals surface area contributed by atoms with Gasteiger partial charge in [0, 0.05) is 10.9 Å². The van der Waals surface area contributed by atoms with E-state index in [4.69, 9.17) is 5.73 Å². The topological polar surface area (TPSA) is 72.2 Å². The summed E-state index contributed by atoms with van der Waals surface area (Å²) in [5.41, 5.74) is 7.02. The first-order chi connectivity index (χ1) is 11.6. The number of nitrogens with one attached hydrogen (secondary N) is 1. The minimum atomic E-state index is -0.397. The Kier molecular flexibility index (Phi) is 6.88. The van der Waals surface area contributed by atoms with E-state index in [2.05, 4.69) is 17.4 Å². The summed E-state index contributed by atoms with van der Waals surface area (Å²) in [6.45, 7) is 2.00. The van der Waals surface area contributed by atoms with Crippen LogP contribution in [0.5, 0.6) is 0 Å². The standard InChI is InChI=1S/C19H22N2O2S/c1-14(11-12-15-7-3-2-4-8-15)21-19(23)16-9-5-6-10-17(16)24-13-18(20)22/h2-10,14H,11-13H2,1H3,(H2,20,22)(H,21,23). The van der Waals surface area contributed by atoms with E-state index >= 15 is 0 Å². The molecule has 126 valence electrons. The quantitative estimate of drug-likeness (QED) is 0.724. The fraction of sp³-hybridized carbons (Fsp3) is 0.263. The fourth-order valence-electron chi connectivity index (χ4n) is 2.33. The van der Waals surface area contributed by atoms with Crippen molar-refractivity contribution < 1.29 is 9.59 Å². The maximum absolute atomic E-state index is 12.5. The van der Waals surface area contributed by atoms with Crippen LogP contribution >= 0.6 is 11.8 Å². The number of carbonyl (C=O) groups excluding carboxylic acids is 2. The molecule has 0 fully saturated rings. The highest BCUT2D eigenvalue weighted by Gasteiger charge is 2.14. The predicted octanol–water partition coefficient (Wildman–Crippen LogP) is 3.02. The third kappa shape index (κ3) is 5.74. The molecule has 0 heterocycles. The van der Waals surface area contributed by atoms with Crippen LogP contribution in [-0.2, 0) is 11.2 Å². The zero-order valence-electron chi connectivity index (χ0n) is 13.7. The summed E-state index contributed by atoms with van der Waals surface area (Å²) in [5.74, 6) is -0.358. The Bertz CT molecular complexity index is 689. The number of aryl methyl sites for hydroxylation is 1. The van der Waals surface area contributed by atoms with Gasteiger partial charge in [-0.25, -0.2) is 0 Å². The van der Waals surface area contributed by atoms with Crippen LogP contribution in [-0.4, -0.2) is 23.6 Å². The van der Waals surface area contributed by atoms with Gasteiger partial charge in [0.25, 0.3) is 5.91 Å². The Morgan fingerprint density at radius 1 is 1.08 bits per heavy atom. The molecule has 2 aromatic carbocycles. The summed E-state index contributed by atoms with van der Waals surface area (Å²) in [4.78, 5) is 24.2. The summed E-state index contributed by atoms with van der Waals surface area (Å²) in [5, 5.41) is 3.03. The molecule has 0 aliphatic heterocycles. The smallest absolute Gasteiger partial charge is 0.252 e. The van der Waals surface area contributed by atoms with E-state index in [1.165, 1.54) is 17.3 Å². The van der Waals surface area contributed by atoms with Crippen LogP contribution in [0, 0.1) is 0 Å². The van der Waals surface area contributed by atoms with Crippen molar-refractivity contribution in [3.8, 4) is 0 Å². The van der Waals surface area contributed by atoms with Crippen molar-refractivity contribution in [1.82, 2.24) is 5.32 Å². The van der Waals surface area contributed by atoms with Crippen molar-refractivity contribution in [3.63, 3.8) is 0 Å². The minimum Gasteiger partial charge on any atom is -0.369 e. The van der Waals surface area contributed by atoms with Crippen LogP contribution in [0.15, 0.2) is 59.5 Å². The summed E-state index contributed by atoms with van der Waals surface area (Å²) >= 11 is 1.29. The predicted molar refractivity (Wildman–Crippen MR) is 98.1 cm³/mol. The van der Waals surface area contributed by atoms with Crippen LogP contribution < -0.4 is 11.1 Å². The van der Waals surface area contributed by atoms with Crippen molar-refractivity contribution in [1.29, 1.82) is 0 Å². The highest BCUT2D eigenvalue weighted by atomic mass is 32.2. The van der Waals surface area contributed by atoms with Gasteiger partial charge in [-0.05, 0) is 37.5 Å². The number of carbonyl (C=O) groups is 2. The molecule has 2 rings (SSSR count). The van der Waals surface area contributed by atoms with E-state index in [9.17, 15) is 9.59 Å². The van der Waals surface area contributed by atoms with Crippen molar-refractivity contribution in [2.75, 3.05) is 5.75 Å². The van der Waals surface area contributed by atoms with E-state index in [-0.39, 0.29) is 17.7 Å². The van der Waals surface area contributed by atoms with Crippen LogP contribution in [0.25, 0.3) is 0 Å². The minimum absolute atomic E-state index is 0.0619. The lowest BCUT2D eigenvalue weighted by Gasteiger charge is -2.15. The monoisotopic (exact) mass is 342 g/mol. The molecule has 0 saturated heterocycles. The number of thioether (sulfide) groups is 1. The molecule has 2 amide bonds. The molecule has 0 aliphatic carbocycles. The maximum atomic E-state index is 12.5. The van der Waals surface area contributed by atoms with E-state index in [1.54, 1.807) is 6.07 Å². The van der Waals surface area contributed by atoms with Crippen LogP contribution in [0.4, 0.5) is 0 Å². The molecule has 0 radical (unpaired) electrons. The summed E-state index contributed by atoms with van der Waals surface area (Å²) < 4.78 is 0. The zero-order chi connectivity index (χ0) is 17.4. The van der Waals surface area contributed by atoms with Gasteiger partial charge in [0.15, 0.2) is 0 Å². The van der Waals surface area contributed by atoms with Crippen molar-refractivity contribution in [2.45, 2.75) is 30.7 Å². The summed E-state index contributed by atoms with van der Waals surface area (Å²) in [7, 11) is 0. The molecule has 0 saturated carbocycles. The number of amides is 2. The van der Waals surface area contributed by atoms with E-state index in [1.807, 2.05) is 43.3 Å². The second kappa shape index (κ2) is 9.13. The largest absolute Gasteiger partial charge is 0.369 e. The first-order valence-corrected chi connectivity index (χ1v) is 8.89. The number of benzene rings is 2. The van der Waals surface area contributed by atoms with Gasteiger partial charge in [-0.1, -0.05) is 42.5 Å². The molecule has 0 aromatic heterocycles. The van der Waals surface area contributed by atoms with Gasteiger partial charge in [0.05, 0.1) is 11.3 Å². The van der Waals surface area contributed by atoms with E-state index in [0.29, 0.717) is 5.56 Å². The van der Waals surface area contributed by atoms with Crippen LogP contribution in [0.2, 0.25) is 0 Å². The van der Waals surface area contributed by atoms with Gasteiger partial charge in [-0.3, -0.25) is 9.59 Å². The first kappa shape index (κ1) is 18.1. The second-order valence-corrected chi connectivity index (χ2v) is 6.67. The van der Waals surface area contributed by atoms with Gasteiger partial charge in [-0.2, -0.15) is 0 Å². The molecule has 4 nitrogen and oxygen atoms in total. The number of primary amides is 1. The number of rotatable bonds is 8. The second-order valence-electron chi connectivity index (χ2n) is 5.65. The highest BCUT2D eigenvalue weighted by molar-refractivity contribution is 8.00. The van der Waals surface area contributed by atoms with E-state index < -0.39 is 5.91 Å². The average molecular weight is 342 g/mol.